The maximum atomic E-state index is 13.5. The number of nitrogens with two attached hydrogens (primary N) is 1. The van der Waals surface area contributed by atoms with Gasteiger partial charge in [-0.2, -0.15) is 0 Å². The first-order valence-corrected chi connectivity index (χ1v) is 5.53. The monoisotopic (exact) mass is 250 g/mol. The minimum absolute atomic E-state index is 0.315. The van der Waals surface area contributed by atoms with Crippen molar-refractivity contribution in [3.8, 4) is 0 Å². The molecule has 0 atom stereocenters. The Morgan fingerprint density at radius 2 is 1.94 bits per heavy atom. The summed E-state index contributed by atoms with van der Waals surface area (Å²) in [5, 5.41) is 3.41. The topological polar surface area (TPSA) is 38.0 Å². The van der Waals surface area contributed by atoms with Crippen LogP contribution in [0.4, 0.5) is 21.5 Å². The van der Waals surface area contributed by atoms with E-state index in [1.807, 2.05) is 19.1 Å². The normalized spacial score (nSPS) is 10.3. The Kier molecular flexibility index (Phi) is 3.20. The van der Waals surface area contributed by atoms with E-state index in [1.54, 1.807) is 6.07 Å². The first-order chi connectivity index (χ1) is 8.08. The van der Waals surface area contributed by atoms with Crippen molar-refractivity contribution < 1.29 is 4.39 Å². The van der Waals surface area contributed by atoms with E-state index >= 15 is 0 Å². The molecule has 2 aromatic rings. The number of para-hydroxylation sites is 1. The van der Waals surface area contributed by atoms with Crippen molar-refractivity contribution in [3.63, 3.8) is 0 Å². The summed E-state index contributed by atoms with van der Waals surface area (Å²) in [5.74, 6) is -0.365. The lowest BCUT2D eigenvalue weighted by atomic mass is 10.1. The summed E-state index contributed by atoms with van der Waals surface area (Å²) in [6, 6.07) is 9.89. The quantitative estimate of drug-likeness (QED) is 0.787. The van der Waals surface area contributed by atoms with Crippen LogP contribution >= 0.6 is 11.6 Å². The number of hydrogen-bond acceptors (Lipinski definition) is 2. The number of rotatable bonds is 2. The van der Waals surface area contributed by atoms with E-state index in [2.05, 4.69) is 5.32 Å². The van der Waals surface area contributed by atoms with Crippen molar-refractivity contribution in [1.82, 2.24) is 0 Å². The van der Waals surface area contributed by atoms with Crippen LogP contribution in [0.1, 0.15) is 5.56 Å². The van der Waals surface area contributed by atoms with E-state index in [0.29, 0.717) is 22.1 Å². The van der Waals surface area contributed by atoms with Crippen molar-refractivity contribution in [1.29, 1.82) is 0 Å². The van der Waals surface area contributed by atoms with Gasteiger partial charge in [0.25, 0.3) is 0 Å². The summed E-state index contributed by atoms with van der Waals surface area (Å²) in [6.45, 7) is 1.90. The number of nitrogens with one attached hydrogen (secondary N) is 1. The molecule has 0 radical (unpaired) electrons. The average molecular weight is 251 g/mol. The van der Waals surface area contributed by atoms with Crippen LogP contribution in [0.15, 0.2) is 36.4 Å². The minimum Gasteiger partial charge on any atom is -0.397 e. The molecule has 0 aromatic heterocycles. The Hall–Kier alpha value is -1.74. The molecule has 0 fully saturated rings. The van der Waals surface area contributed by atoms with E-state index in [4.69, 9.17) is 17.3 Å². The molecule has 2 nitrogen and oxygen atoms in total. The summed E-state index contributed by atoms with van der Waals surface area (Å²) in [4.78, 5) is 0. The zero-order chi connectivity index (χ0) is 12.4. The van der Waals surface area contributed by atoms with E-state index in [-0.39, 0.29) is 5.82 Å². The van der Waals surface area contributed by atoms with E-state index < -0.39 is 0 Å². The second-order valence-electron chi connectivity index (χ2n) is 3.79. The summed E-state index contributed by atoms with van der Waals surface area (Å²) >= 11 is 5.82. The standard InChI is InChI=1S/C13H12ClFN2/c1-8-3-2-4-11(13(8)16)17-12-7-9(14)5-6-10(12)15/h2-7,17H,16H2,1H3. The second kappa shape index (κ2) is 4.63. The number of hydrogen-bond donors (Lipinski definition) is 2. The summed E-state index contributed by atoms with van der Waals surface area (Å²) in [7, 11) is 0. The Morgan fingerprint density at radius 3 is 2.71 bits per heavy atom. The highest BCUT2D eigenvalue weighted by Gasteiger charge is 2.06. The van der Waals surface area contributed by atoms with Crippen molar-refractivity contribution in [2.24, 2.45) is 0 Å². The van der Waals surface area contributed by atoms with Crippen molar-refractivity contribution in [2.45, 2.75) is 6.92 Å². The minimum atomic E-state index is -0.365. The van der Waals surface area contributed by atoms with Gasteiger partial charge in [0.15, 0.2) is 0 Å². The zero-order valence-corrected chi connectivity index (χ0v) is 10.1. The van der Waals surface area contributed by atoms with Gasteiger partial charge in [0, 0.05) is 5.02 Å². The molecule has 0 aliphatic heterocycles. The molecule has 2 aromatic carbocycles. The largest absolute Gasteiger partial charge is 0.397 e. The maximum Gasteiger partial charge on any atom is 0.146 e. The molecule has 0 spiro atoms. The van der Waals surface area contributed by atoms with Crippen LogP contribution in [0, 0.1) is 12.7 Å². The predicted octanol–water partition coefficient (Wildman–Crippen LogP) is 4.11. The Morgan fingerprint density at radius 1 is 1.18 bits per heavy atom. The number of nitrogen functional groups attached to an aromatic ring is 1. The van der Waals surface area contributed by atoms with Gasteiger partial charge in [0.1, 0.15) is 5.82 Å². The van der Waals surface area contributed by atoms with Gasteiger partial charge < -0.3 is 11.1 Å². The third-order valence-corrected chi connectivity index (χ3v) is 2.76. The molecule has 0 saturated heterocycles. The number of anilines is 3. The van der Waals surface area contributed by atoms with Crippen LogP contribution in [0.2, 0.25) is 5.02 Å². The molecule has 3 N–H and O–H groups in total. The van der Waals surface area contributed by atoms with Crippen molar-refractivity contribution in [2.75, 3.05) is 11.1 Å². The fourth-order valence-corrected chi connectivity index (χ4v) is 1.70. The number of halogens is 2. The summed E-state index contributed by atoms with van der Waals surface area (Å²) in [6.07, 6.45) is 0. The highest BCUT2D eigenvalue weighted by atomic mass is 35.5. The lowest BCUT2D eigenvalue weighted by Crippen LogP contribution is -1.99. The molecule has 0 unspecified atom stereocenters. The van der Waals surface area contributed by atoms with Crippen molar-refractivity contribution in [3.05, 3.63) is 52.8 Å². The van der Waals surface area contributed by atoms with Crippen LogP contribution in [0.5, 0.6) is 0 Å². The molecule has 0 bridgehead atoms. The summed E-state index contributed by atoms with van der Waals surface area (Å²) in [5.41, 5.74) is 8.43. The first-order valence-electron chi connectivity index (χ1n) is 5.15. The fourth-order valence-electron chi connectivity index (χ4n) is 1.53. The average Bonchev–Trinajstić information content (AvgIpc) is 2.30. The summed E-state index contributed by atoms with van der Waals surface area (Å²) < 4.78 is 13.5. The Bertz CT molecular complexity index is 555. The van der Waals surface area contributed by atoms with Gasteiger partial charge in [-0.25, -0.2) is 4.39 Å². The van der Waals surface area contributed by atoms with Crippen LogP contribution in [-0.4, -0.2) is 0 Å². The Balaban J connectivity index is 2.38. The molecule has 0 aliphatic carbocycles. The smallest absolute Gasteiger partial charge is 0.146 e. The van der Waals surface area contributed by atoms with Gasteiger partial charge in [0.05, 0.1) is 17.1 Å². The molecule has 2 rings (SSSR count). The molecule has 4 heteroatoms. The highest BCUT2D eigenvalue weighted by molar-refractivity contribution is 6.30. The lowest BCUT2D eigenvalue weighted by Gasteiger charge is -2.12. The third kappa shape index (κ3) is 2.50. The molecular weight excluding hydrogens is 239 g/mol. The van der Waals surface area contributed by atoms with Gasteiger partial charge in [0.2, 0.25) is 0 Å². The molecule has 0 amide bonds. The van der Waals surface area contributed by atoms with Crippen molar-refractivity contribution >= 4 is 28.7 Å². The van der Waals surface area contributed by atoms with Crippen LogP contribution in [0.25, 0.3) is 0 Å². The van der Waals surface area contributed by atoms with Gasteiger partial charge >= 0.3 is 0 Å². The Labute approximate surface area is 104 Å². The highest BCUT2D eigenvalue weighted by Crippen LogP contribution is 2.28. The molecule has 88 valence electrons. The first kappa shape index (κ1) is 11.7. The van der Waals surface area contributed by atoms with Crippen LogP contribution in [-0.2, 0) is 0 Å². The van der Waals surface area contributed by atoms with E-state index in [1.165, 1.54) is 18.2 Å². The van der Waals surface area contributed by atoms with Gasteiger partial charge in [-0.15, -0.1) is 0 Å². The van der Waals surface area contributed by atoms with E-state index in [0.717, 1.165) is 5.56 Å². The molecule has 0 heterocycles. The third-order valence-electron chi connectivity index (χ3n) is 2.52. The molecule has 17 heavy (non-hydrogen) atoms. The van der Waals surface area contributed by atoms with Crippen LogP contribution < -0.4 is 11.1 Å². The van der Waals surface area contributed by atoms with Gasteiger partial charge in [-0.05, 0) is 36.8 Å². The lowest BCUT2D eigenvalue weighted by molar-refractivity contribution is 0.632. The zero-order valence-electron chi connectivity index (χ0n) is 9.30. The van der Waals surface area contributed by atoms with Crippen LogP contribution in [0.3, 0.4) is 0 Å². The predicted molar refractivity (Wildman–Crippen MR) is 70.3 cm³/mol. The molecule has 0 aliphatic rings. The second-order valence-corrected chi connectivity index (χ2v) is 4.22. The molecular formula is C13H12ClFN2. The number of aryl methyl sites for hydroxylation is 1. The SMILES string of the molecule is Cc1cccc(Nc2cc(Cl)ccc2F)c1N. The van der Waals surface area contributed by atoms with E-state index in [9.17, 15) is 4.39 Å². The fraction of sp³-hybridized carbons (Fsp3) is 0.0769. The van der Waals surface area contributed by atoms with Gasteiger partial charge in [-0.1, -0.05) is 23.7 Å². The maximum absolute atomic E-state index is 13.5. The number of benzene rings is 2. The molecule has 0 saturated carbocycles. The van der Waals surface area contributed by atoms with Gasteiger partial charge in [-0.3, -0.25) is 0 Å².